The van der Waals surface area contributed by atoms with E-state index >= 15 is 0 Å². The third kappa shape index (κ3) is 2.33. The molecule has 1 fully saturated rings. The number of carboxylic acids is 1. The topological polar surface area (TPSA) is 68.0 Å². The first kappa shape index (κ1) is 12.1. The Morgan fingerprint density at radius 1 is 1.53 bits per heavy atom. The number of rotatable bonds is 5. The van der Waals surface area contributed by atoms with Gasteiger partial charge in [0.25, 0.3) is 0 Å². The van der Waals surface area contributed by atoms with Gasteiger partial charge in [0, 0.05) is 13.0 Å². The van der Waals surface area contributed by atoms with Crippen molar-refractivity contribution < 1.29 is 9.90 Å². The summed E-state index contributed by atoms with van der Waals surface area (Å²) in [5.41, 5.74) is -0.599. The quantitative estimate of drug-likeness (QED) is 0.849. The Balaban J connectivity index is 2.17. The summed E-state index contributed by atoms with van der Waals surface area (Å²) < 4.78 is 1.84. The summed E-state index contributed by atoms with van der Waals surface area (Å²) in [5.74, 6) is 0.136. The van der Waals surface area contributed by atoms with Crippen molar-refractivity contribution in [3.05, 3.63) is 12.2 Å². The maximum absolute atomic E-state index is 11.5. The highest BCUT2D eigenvalue weighted by molar-refractivity contribution is 5.75. The third-order valence-corrected chi connectivity index (χ3v) is 3.64. The van der Waals surface area contributed by atoms with Crippen molar-refractivity contribution in [1.82, 2.24) is 14.8 Å². The first-order chi connectivity index (χ1) is 8.18. The van der Waals surface area contributed by atoms with Crippen molar-refractivity contribution in [2.45, 2.75) is 52.0 Å². The second kappa shape index (κ2) is 4.85. The molecule has 0 bridgehead atoms. The van der Waals surface area contributed by atoms with E-state index in [0.717, 1.165) is 44.5 Å². The third-order valence-electron chi connectivity index (χ3n) is 3.64. The van der Waals surface area contributed by atoms with Gasteiger partial charge in [-0.3, -0.25) is 9.48 Å². The fourth-order valence-electron chi connectivity index (χ4n) is 2.64. The molecule has 94 valence electrons. The molecule has 0 aromatic carbocycles. The Hall–Kier alpha value is -1.39. The van der Waals surface area contributed by atoms with Gasteiger partial charge in [0.05, 0.1) is 5.41 Å². The number of carbonyl (C=O) groups is 1. The molecule has 0 radical (unpaired) electrons. The van der Waals surface area contributed by atoms with Crippen LogP contribution in [-0.4, -0.2) is 25.8 Å². The van der Waals surface area contributed by atoms with Gasteiger partial charge in [0.1, 0.15) is 12.2 Å². The van der Waals surface area contributed by atoms with E-state index < -0.39 is 11.4 Å². The summed E-state index contributed by atoms with van der Waals surface area (Å²) in [4.78, 5) is 15.7. The maximum Gasteiger partial charge on any atom is 0.310 e. The standard InChI is InChI=1S/C12H19N3O2/c1-2-7-15-10(13-9-14-15)8-12(11(16)17)5-3-4-6-12/h9H,2-8H2,1H3,(H,16,17). The van der Waals surface area contributed by atoms with E-state index in [1.807, 2.05) is 4.68 Å². The van der Waals surface area contributed by atoms with Gasteiger partial charge in [0.15, 0.2) is 0 Å². The van der Waals surface area contributed by atoms with Crippen LogP contribution in [0.5, 0.6) is 0 Å². The van der Waals surface area contributed by atoms with Crippen molar-refractivity contribution in [3.8, 4) is 0 Å². The zero-order chi connectivity index (χ0) is 12.3. The molecule has 5 nitrogen and oxygen atoms in total. The minimum absolute atomic E-state index is 0.516. The number of aliphatic carboxylic acids is 1. The number of carboxylic acid groups (broad SMARTS) is 1. The van der Waals surface area contributed by atoms with Gasteiger partial charge in [-0.25, -0.2) is 4.98 Å². The van der Waals surface area contributed by atoms with E-state index in [2.05, 4.69) is 17.0 Å². The summed E-state index contributed by atoms with van der Waals surface area (Å²) in [5, 5.41) is 13.6. The van der Waals surface area contributed by atoms with Crippen LogP contribution in [0.25, 0.3) is 0 Å². The zero-order valence-corrected chi connectivity index (χ0v) is 10.2. The molecule has 0 amide bonds. The predicted octanol–water partition coefficient (Wildman–Crippen LogP) is 1.88. The van der Waals surface area contributed by atoms with E-state index in [1.165, 1.54) is 6.33 Å². The number of aryl methyl sites for hydroxylation is 1. The highest BCUT2D eigenvalue weighted by atomic mass is 16.4. The molecule has 0 aliphatic heterocycles. The highest BCUT2D eigenvalue weighted by Crippen LogP contribution is 2.40. The lowest BCUT2D eigenvalue weighted by Crippen LogP contribution is -2.31. The molecule has 1 aromatic rings. The van der Waals surface area contributed by atoms with Crippen molar-refractivity contribution in [2.75, 3.05) is 0 Å². The molecule has 1 aliphatic carbocycles. The second-order valence-electron chi connectivity index (χ2n) is 4.87. The van der Waals surface area contributed by atoms with E-state index in [4.69, 9.17) is 0 Å². The molecule has 5 heteroatoms. The Morgan fingerprint density at radius 3 is 2.82 bits per heavy atom. The van der Waals surface area contributed by atoms with Gasteiger partial charge >= 0.3 is 5.97 Å². The Kier molecular flexibility index (Phi) is 3.45. The van der Waals surface area contributed by atoms with Crippen LogP contribution < -0.4 is 0 Å². The van der Waals surface area contributed by atoms with E-state index in [-0.39, 0.29) is 0 Å². The SMILES string of the molecule is CCCn1ncnc1CC1(C(=O)O)CCCC1. The van der Waals surface area contributed by atoms with Crippen LogP contribution >= 0.6 is 0 Å². The Morgan fingerprint density at radius 2 is 2.24 bits per heavy atom. The fraction of sp³-hybridized carbons (Fsp3) is 0.750. The molecule has 1 saturated carbocycles. The maximum atomic E-state index is 11.5. The lowest BCUT2D eigenvalue weighted by atomic mass is 9.82. The largest absolute Gasteiger partial charge is 0.481 e. The molecule has 0 saturated heterocycles. The number of hydrogen-bond donors (Lipinski definition) is 1. The Bertz CT molecular complexity index is 394. The summed E-state index contributed by atoms with van der Waals surface area (Å²) in [7, 11) is 0. The molecule has 1 aromatic heterocycles. The van der Waals surface area contributed by atoms with Crippen LogP contribution in [0.3, 0.4) is 0 Å². The van der Waals surface area contributed by atoms with Crippen LogP contribution in [0.4, 0.5) is 0 Å². The molecule has 0 atom stereocenters. The van der Waals surface area contributed by atoms with Crippen molar-refractivity contribution in [1.29, 1.82) is 0 Å². The molecule has 1 heterocycles. The number of nitrogens with zero attached hydrogens (tertiary/aromatic N) is 3. The average molecular weight is 237 g/mol. The molecule has 0 spiro atoms. The zero-order valence-electron chi connectivity index (χ0n) is 10.2. The minimum Gasteiger partial charge on any atom is -0.481 e. The summed E-state index contributed by atoms with van der Waals surface area (Å²) >= 11 is 0. The van der Waals surface area contributed by atoms with Gasteiger partial charge in [-0.1, -0.05) is 19.8 Å². The molecule has 0 unspecified atom stereocenters. The van der Waals surface area contributed by atoms with E-state index in [0.29, 0.717) is 6.42 Å². The van der Waals surface area contributed by atoms with Gasteiger partial charge < -0.3 is 5.11 Å². The minimum atomic E-state index is -0.680. The average Bonchev–Trinajstić information content (AvgIpc) is 2.91. The highest BCUT2D eigenvalue weighted by Gasteiger charge is 2.42. The Labute approximate surface area is 101 Å². The van der Waals surface area contributed by atoms with Crippen molar-refractivity contribution in [3.63, 3.8) is 0 Å². The van der Waals surface area contributed by atoms with Gasteiger partial charge in [-0.15, -0.1) is 0 Å². The summed E-state index contributed by atoms with van der Waals surface area (Å²) in [6.07, 6.45) is 6.57. The first-order valence-corrected chi connectivity index (χ1v) is 6.28. The van der Waals surface area contributed by atoms with Gasteiger partial charge in [-0.05, 0) is 19.3 Å². The predicted molar refractivity (Wildman–Crippen MR) is 62.6 cm³/mol. The monoisotopic (exact) mass is 237 g/mol. The molecule has 1 aliphatic rings. The van der Waals surface area contributed by atoms with E-state index in [1.54, 1.807) is 0 Å². The normalized spacial score (nSPS) is 18.4. The lowest BCUT2D eigenvalue weighted by Gasteiger charge is -2.23. The smallest absolute Gasteiger partial charge is 0.310 e. The second-order valence-corrected chi connectivity index (χ2v) is 4.87. The van der Waals surface area contributed by atoms with Crippen LogP contribution in [0.2, 0.25) is 0 Å². The molecular weight excluding hydrogens is 218 g/mol. The van der Waals surface area contributed by atoms with Crippen LogP contribution in [0.15, 0.2) is 6.33 Å². The van der Waals surface area contributed by atoms with Crippen molar-refractivity contribution in [2.24, 2.45) is 5.41 Å². The van der Waals surface area contributed by atoms with Gasteiger partial charge in [-0.2, -0.15) is 5.10 Å². The van der Waals surface area contributed by atoms with Crippen molar-refractivity contribution >= 4 is 5.97 Å². The molecular formula is C12H19N3O2. The van der Waals surface area contributed by atoms with E-state index in [9.17, 15) is 9.90 Å². The lowest BCUT2D eigenvalue weighted by molar-refractivity contribution is -0.148. The first-order valence-electron chi connectivity index (χ1n) is 6.28. The number of hydrogen-bond acceptors (Lipinski definition) is 3. The van der Waals surface area contributed by atoms with Crippen LogP contribution in [0.1, 0.15) is 44.9 Å². The van der Waals surface area contributed by atoms with Crippen LogP contribution in [-0.2, 0) is 17.8 Å². The van der Waals surface area contributed by atoms with Crippen LogP contribution in [0, 0.1) is 5.41 Å². The summed E-state index contributed by atoms with van der Waals surface area (Å²) in [6.45, 7) is 2.89. The number of aromatic nitrogens is 3. The molecule has 17 heavy (non-hydrogen) atoms. The molecule has 2 rings (SSSR count). The molecule has 1 N–H and O–H groups in total. The van der Waals surface area contributed by atoms with Gasteiger partial charge in [0.2, 0.25) is 0 Å². The summed E-state index contributed by atoms with van der Waals surface area (Å²) in [6, 6.07) is 0. The fourth-order valence-corrected chi connectivity index (χ4v) is 2.64.